The van der Waals surface area contributed by atoms with Crippen LogP contribution in [0.25, 0.3) is 0 Å². The van der Waals surface area contributed by atoms with Gasteiger partial charge in [-0.05, 0) is 49.1 Å². The number of thioether (sulfide) groups is 1. The van der Waals surface area contributed by atoms with E-state index in [-0.39, 0.29) is 35.7 Å². The topological polar surface area (TPSA) is 59.6 Å². The van der Waals surface area contributed by atoms with E-state index in [1.54, 1.807) is 11.8 Å². The molecule has 9 heteroatoms. The Labute approximate surface area is 149 Å². The first kappa shape index (κ1) is 21.2. The Morgan fingerprint density at radius 3 is 2.45 bits per heavy atom. The molecule has 0 saturated heterocycles. The predicted molar refractivity (Wildman–Crippen MR) is 96.3 cm³/mol. The zero-order valence-corrected chi connectivity index (χ0v) is 15.2. The Morgan fingerprint density at radius 1 is 1.27 bits per heavy atom. The highest BCUT2D eigenvalue weighted by atomic mass is 127. The molecule has 0 unspecified atom stereocenters. The molecule has 0 aliphatic rings. The van der Waals surface area contributed by atoms with Crippen LogP contribution in [0.5, 0.6) is 5.75 Å². The molecule has 1 aromatic rings. The Balaban J connectivity index is 0.00000441. The minimum Gasteiger partial charge on any atom is -0.406 e. The molecule has 22 heavy (non-hydrogen) atoms. The highest BCUT2D eigenvalue weighted by Gasteiger charge is 2.30. The number of aliphatic imine (C=N–C) groups is 1. The van der Waals surface area contributed by atoms with E-state index in [0.717, 1.165) is 18.6 Å². The largest absolute Gasteiger partial charge is 0.573 e. The molecule has 4 nitrogen and oxygen atoms in total. The van der Waals surface area contributed by atoms with Crippen molar-refractivity contribution in [2.45, 2.75) is 19.2 Å². The van der Waals surface area contributed by atoms with Gasteiger partial charge in [0.2, 0.25) is 0 Å². The van der Waals surface area contributed by atoms with E-state index in [1.165, 1.54) is 24.3 Å². The summed E-state index contributed by atoms with van der Waals surface area (Å²) in [5, 5.41) is 2.81. The average Bonchev–Trinajstić information content (AvgIpc) is 2.39. The molecule has 1 rings (SSSR count). The molecule has 0 amide bonds. The molecule has 0 aromatic heterocycles. The lowest BCUT2D eigenvalue weighted by molar-refractivity contribution is -0.274. The van der Waals surface area contributed by atoms with Crippen LogP contribution in [0.1, 0.15) is 12.8 Å². The van der Waals surface area contributed by atoms with Gasteiger partial charge in [-0.25, -0.2) is 0 Å². The summed E-state index contributed by atoms with van der Waals surface area (Å²) in [6.45, 7) is 0.620. The first-order chi connectivity index (χ1) is 9.90. The summed E-state index contributed by atoms with van der Waals surface area (Å²) in [6, 6.07) is 5.30. The fraction of sp³-hybridized carbons (Fsp3) is 0.462. The van der Waals surface area contributed by atoms with Gasteiger partial charge < -0.3 is 15.8 Å². The molecule has 0 aliphatic heterocycles. The third-order valence-electron chi connectivity index (χ3n) is 2.40. The number of rotatable bonds is 7. The van der Waals surface area contributed by atoms with E-state index in [4.69, 9.17) is 5.73 Å². The number of benzene rings is 1. The quantitative estimate of drug-likeness (QED) is 0.285. The first-order valence-corrected chi connectivity index (χ1v) is 7.72. The molecule has 0 heterocycles. The molecular formula is C13H19F3IN3OS. The number of unbranched alkanes of at least 4 members (excludes halogenated alkanes) is 1. The van der Waals surface area contributed by atoms with Gasteiger partial charge in [0.25, 0.3) is 0 Å². The monoisotopic (exact) mass is 449 g/mol. The van der Waals surface area contributed by atoms with Crippen LogP contribution in [0.3, 0.4) is 0 Å². The number of nitrogens with two attached hydrogens (primary N) is 1. The minimum atomic E-state index is -4.69. The van der Waals surface area contributed by atoms with E-state index in [2.05, 4.69) is 15.0 Å². The van der Waals surface area contributed by atoms with Crippen molar-refractivity contribution in [2.24, 2.45) is 10.7 Å². The fourth-order valence-electron chi connectivity index (χ4n) is 1.49. The van der Waals surface area contributed by atoms with Gasteiger partial charge >= 0.3 is 6.36 Å². The van der Waals surface area contributed by atoms with Crippen molar-refractivity contribution in [2.75, 3.05) is 23.9 Å². The van der Waals surface area contributed by atoms with Crippen molar-refractivity contribution in [3.05, 3.63) is 24.3 Å². The van der Waals surface area contributed by atoms with Gasteiger partial charge in [0.05, 0.1) is 0 Å². The summed E-state index contributed by atoms with van der Waals surface area (Å²) in [5.41, 5.74) is 6.23. The lowest BCUT2D eigenvalue weighted by Gasteiger charge is -2.10. The van der Waals surface area contributed by atoms with Crippen LogP contribution < -0.4 is 15.8 Å². The highest BCUT2D eigenvalue weighted by molar-refractivity contribution is 14.0. The van der Waals surface area contributed by atoms with E-state index in [0.29, 0.717) is 12.2 Å². The molecular weight excluding hydrogens is 430 g/mol. The summed E-state index contributed by atoms with van der Waals surface area (Å²) in [7, 11) is 0. The SMILES string of the molecule is CSCCCCN=C(N)Nc1ccc(OC(F)(F)F)cc1.I. The number of ether oxygens (including phenoxy) is 1. The lowest BCUT2D eigenvalue weighted by atomic mass is 10.3. The number of hydrogen-bond acceptors (Lipinski definition) is 3. The summed E-state index contributed by atoms with van der Waals surface area (Å²) in [5.74, 6) is 1.05. The molecule has 3 N–H and O–H groups in total. The molecule has 126 valence electrons. The van der Waals surface area contributed by atoms with Crippen molar-refractivity contribution in [3.8, 4) is 5.75 Å². The fourth-order valence-corrected chi connectivity index (χ4v) is 1.98. The van der Waals surface area contributed by atoms with Gasteiger partial charge in [-0.15, -0.1) is 37.1 Å². The van der Waals surface area contributed by atoms with Crippen LogP contribution >= 0.6 is 35.7 Å². The molecule has 0 bridgehead atoms. The number of nitrogens with one attached hydrogen (secondary N) is 1. The zero-order chi connectivity index (χ0) is 15.7. The van der Waals surface area contributed by atoms with Crippen molar-refractivity contribution in [3.63, 3.8) is 0 Å². The molecule has 0 atom stereocenters. The Kier molecular flexibility index (Phi) is 10.4. The maximum Gasteiger partial charge on any atom is 0.573 e. The van der Waals surface area contributed by atoms with Crippen molar-refractivity contribution >= 4 is 47.4 Å². The third-order valence-corrected chi connectivity index (χ3v) is 3.10. The van der Waals surface area contributed by atoms with Gasteiger partial charge in [-0.1, -0.05) is 0 Å². The Bertz CT molecular complexity index is 455. The highest BCUT2D eigenvalue weighted by Crippen LogP contribution is 2.23. The second-order valence-electron chi connectivity index (χ2n) is 4.16. The molecule has 1 aromatic carbocycles. The van der Waals surface area contributed by atoms with Crippen molar-refractivity contribution in [1.29, 1.82) is 0 Å². The van der Waals surface area contributed by atoms with Gasteiger partial charge in [0.1, 0.15) is 5.75 Å². The van der Waals surface area contributed by atoms with Crippen LogP contribution in [-0.2, 0) is 0 Å². The lowest BCUT2D eigenvalue weighted by Crippen LogP contribution is -2.23. The molecule has 0 spiro atoms. The summed E-state index contributed by atoms with van der Waals surface area (Å²) in [6.07, 6.45) is -0.624. The smallest absolute Gasteiger partial charge is 0.406 e. The summed E-state index contributed by atoms with van der Waals surface area (Å²) < 4.78 is 39.8. The van der Waals surface area contributed by atoms with E-state index in [1.807, 2.05) is 6.26 Å². The second kappa shape index (κ2) is 10.8. The first-order valence-electron chi connectivity index (χ1n) is 6.32. The number of guanidine groups is 1. The van der Waals surface area contributed by atoms with Crippen LogP contribution in [0, 0.1) is 0 Å². The van der Waals surface area contributed by atoms with Gasteiger partial charge in [0, 0.05) is 12.2 Å². The number of halogens is 4. The average molecular weight is 449 g/mol. The van der Waals surface area contributed by atoms with Gasteiger partial charge in [0.15, 0.2) is 5.96 Å². The van der Waals surface area contributed by atoms with E-state index in [9.17, 15) is 13.2 Å². The van der Waals surface area contributed by atoms with Crippen molar-refractivity contribution in [1.82, 2.24) is 0 Å². The van der Waals surface area contributed by atoms with Crippen molar-refractivity contribution < 1.29 is 17.9 Å². The second-order valence-corrected chi connectivity index (χ2v) is 5.15. The number of anilines is 1. The molecule has 0 radical (unpaired) electrons. The number of hydrogen-bond donors (Lipinski definition) is 2. The minimum absolute atomic E-state index is 0. The van der Waals surface area contributed by atoms with Gasteiger partial charge in [-0.2, -0.15) is 11.8 Å². The zero-order valence-electron chi connectivity index (χ0n) is 12.0. The number of alkyl halides is 3. The standard InChI is InChI=1S/C13H18F3N3OS.HI/c1-21-9-3-2-8-18-12(17)19-10-4-6-11(7-5-10)20-13(14,15)16;/h4-7H,2-3,8-9H2,1H3,(H3,17,18,19);1H. The van der Waals surface area contributed by atoms with Crippen LogP contribution in [-0.4, -0.2) is 30.9 Å². The van der Waals surface area contributed by atoms with Crippen LogP contribution in [0.4, 0.5) is 18.9 Å². The molecule has 0 fully saturated rings. The Morgan fingerprint density at radius 2 is 1.91 bits per heavy atom. The summed E-state index contributed by atoms with van der Waals surface area (Å²) in [4.78, 5) is 4.14. The van der Waals surface area contributed by atoms with Crippen LogP contribution in [0.15, 0.2) is 29.3 Å². The maximum absolute atomic E-state index is 12.0. The maximum atomic E-state index is 12.0. The number of nitrogens with zero attached hydrogens (tertiary/aromatic N) is 1. The van der Waals surface area contributed by atoms with Crippen LogP contribution in [0.2, 0.25) is 0 Å². The third kappa shape index (κ3) is 9.98. The normalized spacial score (nSPS) is 11.7. The Hall–Kier alpha value is -0.840. The molecule has 0 aliphatic carbocycles. The van der Waals surface area contributed by atoms with E-state index >= 15 is 0 Å². The predicted octanol–water partition coefficient (Wildman–Crippen LogP) is 4.07. The molecule has 0 saturated carbocycles. The van der Waals surface area contributed by atoms with Gasteiger partial charge in [-0.3, -0.25) is 4.99 Å². The van der Waals surface area contributed by atoms with E-state index < -0.39 is 6.36 Å². The summed E-state index contributed by atoms with van der Waals surface area (Å²) >= 11 is 1.78.